The van der Waals surface area contributed by atoms with E-state index in [2.05, 4.69) is 0 Å². The first-order valence-corrected chi connectivity index (χ1v) is 2.68. The Balaban J connectivity index is -0.0000000267. The van der Waals surface area contributed by atoms with Crippen LogP contribution >= 0.6 is 0 Å². The van der Waals surface area contributed by atoms with Gasteiger partial charge in [0.05, 0.1) is 0 Å². The summed E-state index contributed by atoms with van der Waals surface area (Å²) in [7, 11) is -4.61. The van der Waals surface area contributed by atoms with E-state index in [9.17, 15) is 0 Å². The molecule has 0 aliphatic heterocycles. The van der Waals surface area contributed by atoms with Gasteiger partial charge in [0.15, 0.2) is 0 Å². The van der Waals surface area contributed by atoms with Gasteiger partial charge in [-0.25, -0.2) is 0 Å². The largest absolute Gasteiger partial charge is 0.668 e. The summed E-state index contributed by atoms with van der Waals surface area (Å²) in [5.41, 5.74) is 0. The fraction of sp³-hybridized carbons (Fsp3) is 0. The van der Waals surface area contributed by atoms with E-state index in [-0.39, 0.29) is 65.0 Å². The van der Waals surface area contributed by atoms with Gasteiger partial charge in [0.2, 0.25) is 0 Å². The molecule has 0 bridgehead atoms. The van der Waals surface area contributed by atoms with Crippen LogP contribution in [0.2, 0.25) is 0 Å². The zero-order valence-corrected chi connectivity index (χ0v) is 7.78. The molecular formula is H4BCaLiO4Si. The van der Waals surface area contributed by atoms with Crippen molar-refractivity contribution in [3.8, 4) is 0 Å². The monoisotopic (exact) mass is 154 g/mol. The predicted molar refractivity (Wildman–Crippen MR) is 31.9 cm³/mol. The average Bonchev–Trinajstić information content (AvgIpc) is 0.722. The van der Waals surface area contributed by atoms with Crippen LogP contribution in [0.4, 0.5) is 0 Å². The van der Waals surface area contributed by atoms with Gasteiger partial charge >= 0.3 is 9.05 Å². The molecule has 8 heteroatoms. The van der Waals surface area contributed by atoms with Crippen LogP contribution in [0.1, 0.15) is 0 Å². The predicted octanol–water partition coefficient (Wildman–Crippen LogP) is -3.75. The molecule has 0 aromatic heterocycles. The third-order valence-corrected chi connectivity index (χ3v) is 0. The van der Waals surface area contributed by atoms with Gasteiger partial charge in [-0.05, 0) is 0 Å². The van der Waals surface area contributed by atoms with E-state index in [0.717, 1.165) is 0 Å². The van der Waals surface area contributed by atoms with E-state index in [1.165, 1.54) is 0 Å². The molecular weight excluding hydrogens is 150 g/mol. The van der Waals surface area contributed by atoms with Crippen LogP contribution in [0.3, 0.4) is 0 Å². The van der Waals surface area contributed by atoms with Gasteiger partial charge in [-0.2, -0.15) is 0 Å². The Kier molecular flexibility index (Phi) is 25.3. The Labute approximate surface area is 92.2 Å². The van der Waals surface area contributed by atoms with Crippen LogP contribution in [0, 0.1) is 0 Å². The Morgan fingerprint density at radius 1 is 0.875 bits per heavy atom. The van der Waals surface area contributed by atoms with Crippen molar-refractivity contribution >= 4 is 74.1 Å². The van der Waals surface area contributed by atoms with Crippen LogP contribution in [0.5, 0.6) is 0 Å². The second-order valence-corrected chi connectivity index (χ2v) is 1.80. The molecule has 0 amide bonds. The van der Waals surface area contributed by atoms with Crippen LogP contribution in [0.15, 0.2) is 0 Å². The van der Waals surface area contributed by atoms with Gasteiger partial charge in [0, 0.05) is 65.0 Å². The van der Waals surface area contributed by atoms with Crippen molar-refractivity contribution in [1.29, 1.82) is 0 Å². The second kappa shape index (κ2) is 8.98. The number of hydrogen-bond acceptors (Lipinski definition) is 4. The average molecular weight is 154 g/mol. The minimum Gasteiger partial charge on any atom is -0.368 e. The molecule has 0 saturated carbocycles. The standard InChI is InChI=1S/B.Ca.Li.H4O4Si/c;;;1-5(2,3)4/h;;;1-4H. The summed E-state index contributed by atoms with van der Waals surface area (Å²) < 4.78 is 0. The summed E-state index contributed by atoms with van der Waals surface area (Å²) in [4.78, 5) is 29.3. The second-order valence-electron chi connectivity index (χ2n) is 0.600. The Bertz CT molecular complexity index is 31.5. The number of rotatable bonds is 0. The van der Waals surface area contributed by atoms with Crippen molar-refractivity contribution in [2.75, 3.05) is 0 Å². The summed E-state index contributed by atoms with van der Waals surface area (Å²) >= 11 is 0. The van der Waals surface area contributed by atoms with Gasteiger partial charge in [0.25, 0.3) is 0 Å². The molecule has 4 nitrogen and oxygen atoms in total. The molecule has 0 fully saturated rings. The Morgan fingerprint density at radius 2 is 0.875 bits per heavy atom. The van der Waals surface area contributed by atoms with Crippen molar-refractivity contribution in [3.05, 3.63) is 0 Å². The fourth-order valence-electron chi connectivity index (χ4n) is 0. The van der Waals surface area contributed by atoms with E-state index in [0.29, 0.717) is 0 Å². The van der Waals surface area contributed by atoms with Crippen molar-refractivity contribution in [2.24, 2.45) is 0 Å². The van der Waals surface area contributed by atoms with E-state index in [4.69, 9.17) is 19.2 Å². The first-order chi connectivity index (χ1) is 2.00. The quantitative estimate of drug-likeness (QED) is 0.270. The normalized spacial score (nSPS) is 7.50. The minimum atomic E-state index is -4.61. The molecule has 8 heavy (non-hydrogen) atoms. The molecule has 38 valence electrons. The molecule has 0 heterocycles. The van der Waals surface area contributed by atoms with Crippen molar-refractivity contribution < 1.29 is 19.2 Å². The van der Waals surface area contributed by atoms with E-state index in [1.807, 2.05) is 0 Å². The molecule has 0 aliphatic carbocycles. The molecule has 0 aromatic carbocycles. The summed E-state index contributed by atoms with van der Waals surface area (Å²) in [6.45, 7) is 0. The van der Waals surface area contributed by atoms with E-state index < -0.39 is 9.05 Å². The van der Waals surface area contributed by atoms with Crippen molar-refractivity contribution in [1.82, 2.24) is 0 Å². The van der Waals surface area contributed by atoms with E-state index >= 15 is 0 Å². The topological polar surface area (TPSA) is 80.9 Å². The molecule has 0 atom stereocenters. The molecule has 0 rings (SSSR count). The van der Waals surface area contributed by atoms with Crippen LogP contribution < -0.4 is 0 Å². The van der Waals surface area contributed by atoms with Gasteiger partial charge in [-0.15, -0.1) is 0 Å². The van der Waals surface area contributed by atoms with Gasteiger partial charge < -0.3 is 19.2 Å². The van der Waals surface area contributed by atoms with Crippen LogP contribution in [-0.2, 0) is 0 Å². The first kappa shape index (κ1) is 22.5. The molecule has 0 aliphatic rings. The molecule has 6 radical (unpaired) electrons. The van der Waals surface area contributed by atoms with Crippen molar-refractivity contribution in [2.45, 2.75) is 0 Å². The fourth-order valence-corrected chi connectivity index (χ4v) is 0. The molecule has 4 N–H and O–H groups in total. The maximum absolute atomic E-state index is 7.33. The van der Waals surface area contributed by atoms with Crippen LogP contribution in [-0.4, -0.2) is 93.2 Å². The third kappa shape index (κ3) is 99.2. The van der Waals surface area contributed by atoms with Gasteiger partial charge in [-0.1, -0.05) is 0 Å². The van der Waals surface area contributed by atoms with Crippen molar-refractivity contribution in [3.63, 3.8) is 0 Å². The first-order valence-electron chi connectivity index (χ1n) is 0.894. The SMILES string of the molecule is O[Si](O)(O)O.[B].[Ca].[Li]. The van der Waals surface area contributed by atoms with Gasteiger partial charge in [-0.3, -0.25) is 0 Å². The molecule has 0 unspecified atom stereocenters. The van der Waals surface area contributed by atoms with Gasteiger partial charge in [0.1, 0.15) is 0 Å². The maximum atomic E-state index is 7.33. The zero-order chi connectivity index (χ0) is 4.50. The Hall–Kier alpha value is 1.98. The van der Waals surface area contributed by atoms with E-state index in [1.54, 1.807) is 0 Å². The zero-order valence-electron chi connectivity index (χ0n) is 4.57. The summed E-state index contributed by atoms with van der Waals surface area (Å²) in [6.07, 6.45) is 0. The minimum absolute atomic E-state index is 0. The summed E-state index contributed by atoms with van der Waals surface area (Å²) in [6, 6.07) is 0. The molecule has 0 aromatic rings. The van der Waals surface area contributed by atoms with Crippen LogP contribution in [0.25, 0.3) is 0 Å². The third-order valence-electron chi connectivity index (χ3n) is 0. The molecule has 0 spiro atoms. The maximum Gasteiger partial charge on any atom is 0.668 e. The summed E-state index contributed by atoms with van der Waals surface area (Å²) in [5, 5.41) is 0. The summed E-state index contributed by atoms with van der Waals surface area (Å²) in [5.74, 6) is 0. The Morgan fingerprint density at radius 3 is 0.875 bits per heavy atom. The smallest absolute Gasteiger partial charge is 0.368 e. The molecule has 0 saturated heterocycles. The number of hydrogen-bond donors (Lipinski definition) is 4.